The third kappa shape index (κ3) is 1.79. The molecule has 1 unspecified atom stereocenters. The number of ether oxygens (including phenoxy) is 1. The van der Waals surface area contributed by atoms with Crippen molar-refractivity contribution < 1.29 is 24.9 Å². The van der Waals surface area contributed by atoms with Crippen LogP contribution in [-0.2, 0) is 9.53 Å². The molecule has 1 aliphatic heterocycles. The lowest BCUT2D eigenvalue weighted by Crippen LogP contribution is -2.66. The first-order chi connectivity index (χ1) is 5.95. The smallest absolute Gasteiger partial charge is 0.335 e. The van der Waals surface area contributed by atoms with E-state index in [1.54, 1.807) is 0 Å². The first kappa shape index (κ1) is 10.4. The molecule has 1 fully saturated rings. The lowest BCUT2D eigenvalue weighted by Gasteiger charge is -2.37. The van der Waals surface area contributed by atoms with Crippen LogP contribution in [0.15, 0.2) is 0 Å². The fourth-order valence-electron chi connectivity index (χ4n) is 1.15. The van der Waals surface area contributed by atoms with Gasteiger partial charge in [-0.1, -0.05) is 0 Å². The van der Waals surface area contributed by atoms with Crippen LogP contribution in [0.2, 0.25) is 0 Å². The van der Waals surface area contributed by atoms with Crippen molar-refractivity contribution in [1.82, 2.24) is 0 Å². The van der Waals surface area contributed by atoms with Gasteiger partial charge in [-0.2, -0.15) is 0 Å². The Bertz CT molecular complexity index is 211. The number of aliphatic hydroxyl groups excluding tert-OH is 2. The highest BCUT2D eigenvalue weighted by Crippen LogP contribution is 2.16. The van der Waals surface area contributed by atoms with Gasteiger partial charge in [0.2, 0.25) is 0 Å². The molecule has 0 aliphatic carbocycles. The summed E-state index contributed by atoms with van der Waals surface area (Å²) in [6.45, 7) is 0. The van der Waals surface area contributed by atoms with Gasteiger partial charge >= 0.3 is 5.97 Å². The summed E-state index contributed by atoms with van der Waals surface area (Å²) in [7, 11) is 0. The van der Waals surface area contributed by atoms with Gasteiger partial charge in [-0.05, 0) is 0 Å². The Morgan fingerprint density at radius 1 is 1.23 bits per heavy atom. The third-order valence-corrected chi connectivity index (χ3v) is 2.01. The van der Waals surface area contributed by atoms with Gasteiger partial charge in [-0.25, -0.2) is 4.79 Å². The van der Waals surface area contributed by atoms with E-state index in [0.29, 0.717) is 0 Å². The molecule has 0 aromatic rings. The van der Waals surface area contributed by atoms with Gasteiger partial charge in [0, 0.05) is 0 Å². The van der Waals surface area contributed by atoms with E-state index >= 15 is 0 Å². The molecule has 7 nitrogen and oxygen atoms in total. The van der Waals surface area contributed by atoms with Gasteiger partial charge in [0.25, 0.3) is 0 Å². The molecule has 1 rings (SSSR count). The molecule has 13 heavy (non-hydrogen) atoms. The minimum atomic E-state index is -1.52. The molecular formula is C6H12N2O5. The molecule has 0 amide bonds. The third-order valence-electron chi connectivity index (χ3n) is 2.01. The lowest BCUT2D eigenvalue weighted by atomic mass is 9.96. The average Bonchev–Trinajstić information content (AvgIpc) is 2.07. The van der Waals surface area contributed by atoms with Crippen LogP contribution >= 0.6 is 0 Å². The van der Waals surface area contributed by atoms with E-state index < -0.39 is 36.6 Å². The molecular weight excluding hydrogens is 180 g/mol. The monoisotopic (exact) mass is 192 g/mol. The normalized spacial score (nSPS) is 46.0. The second-order valence-corrected chi connectivity index (χ2v) is 2.93. The standard InChI is InChI=1S/C6H12N2O5/c7-1-2(8)6(12)13-4(3(1)9)5(10)11/h1-4,6,9,12H,7-8H2,(H,10,11)/t1-,2-,3+,4+,6?/m1/s1. The van der Waals surface area contributed by atoms with Crippen molar-refractivity contribution in [2.75, 3.05) is 0 Å². The number of carbonyl (C=O) groups is 1. The molecule has 0 radical (unpaired) electrons. The summed E-state index contributed by atoms with van der Waals surface area (Å²) >= 11 is 0. The zero-order valence-corrected chi connectivity index (χ0v) is 6.70. The second-order valence-electron chi connectivity index (χ2n) is 2.93. The quantitative estimate of drug-likeness (QED) is 0.295. The Balaban J connectivity index is 2.76. The van der Waals surface area contributed by atoms with E-state index in [1.807, 2.05) is 0 Å². The summed E-state index contributed by atoms with van der Waals surface area (Å²) in [5, 5.41) is 26.9. The molecule has 0 aromatic carbocycles. The van der Waals surface area contributed by atoms with Crippen molar-refractivity contribution in [1.29, 1.82) is 0 Å². The number of carboxylic acids is 1. The van der Waals surface area contributed by atoms with Crippen LogP contribution in [0.4, 0.5) is 0 Å². The summed E-state index contributed by atoms with van der Waals surface area (Å²) in [5.74, 6) is -1.38. The number of carboxylic acid groups (broad SMARTS) is 1. The number of rotatable bonds is 1. The van der Waals surface area contributed by atoms with Crippen molar-refractivity contribution >= 4 is 5.97 Å². The highest BCUT2D eigenvalue weighted by molar-refractivity contribution is 5.73. The minimum absolute atomic E-state index is 0.981. The minimum Gasteiger partial charge on any atom is -0.479 e. The topological polar surface area (TPSA) is 139 Å². The summed E-state index contributed by atoms with van der Waals surface area (Å²) in [5.41, 5.74) is 10.7. The average molecular weight is 192 g/mol. The Kier molecular flexibility index (Phi) is 2.84. The van der Waals surface area contributed by atoms with Gasteiger partial charge in [-0.3, -0.25) is 0 Å². The molecule has 5 atom stereocenters. The van der Waals surface area contributed by atoms with Crippen LogP contribution in [0.25, 0.3) is 0 Å². The van der Waals surface area contributed by atoms with Crippen molar-refractivity contribution in [3.63, 3.8) is 0 Å². The SMILES string of the molecule is N[C@H]1[C@H](O)[C@@H](C(=O)O)OC(O)[C@@H]1N. The van der Waals surface area contributed by atoms with Gasteiger partial charge in [0.15, 0.2) is 12.4 Å². The zero-order valence-electron chi connectivity index (χ0n) is 6.70. The maximum absolute atomic E-state index is 10.5. The van der Waals surface area contributed by atoms with Crippen molar-refractivity contribution in [2.45, 2.75) is 30.6 Å². The van der Waals surface area contributed by atoms with Crippen LogP contribution in [0.3, 0.4) is 0 Å². The van der Waals surface area contributed by atoms with Crippen LogP contribution in [0.5, 0.6) is 0 Å². The Morgan fingerprint density at radius 2 is 1.77 bits per heavy atom. The molecule has 0 spiro atoms. The van der Waals surface area contributed by atoms with Crippen molar-refractivity contribution in [2.24, 2.45) is 11.5 Å². The van der Waals surface area contributed by atoms with E-state index in [2.05, 4.69) is 4.74 Å². The Morgan fingerprint density at radius 3 is 2.23 bits per heavy atom. The Labute approximate surface area is 73.9 Å². The second kappa shape index (κ2) is 3.56. The lowest BCUT2D eigenvalue weighted by molar-refractivity contribution is -0.222. The Hall–Kier alpha value is -0.730. The van der Waals surface area contributed by atoms with Gasteiger partial charge < -0.3 is 31.5 Å². The van der Waals surface area contributed by atoms with E-state index in [-0.39, 0.29) is 0 Å². The number of aliphatic carboxylic acids is 1. The van der Waals surface area contributed by atoms with Gasteiger partial charge in [0.05, 0.1) is 12.1 Å². The maximum Gasteiger partial charge on any atom is 0.335 e. The van der Waals surface area contributed by atoms with Gasteiger partial charge in [-0.15, -0.1) is 0 Å². The van der Waals surface area contributed by atoms with Crippen LogP contribution < -0.4 is 11.5 Å². The van der Waals surface area contributed by atoms with E-state index in [9.17, 15) is 9.90 Å². The number of hydrogen-bond donors (Lipinski definition) is 5. The molecule has 76 valence electrons. The summed E-state index contributed by atoms with van der Waals surface area (Å²) < 4.78 is 4.54. The largest absolute Gasteiger partial charge is 0.479 e. The first-order valence-electron chi connectivity index (χ1n) is 3.70. The highest BCUT2D eigenvalue weighted by Gasteiger charge is 2.44. The van der Waals surface area contributed by atoms with E-state index in [1.165, 1.54) is 0 Å². The fourth-order valence-corrected chi connectivity index (χ4v) is 1.15. The molecule has 1 heterocycles. The summed E-state index contributed by atoms with van der Waals surface area (Å²) in [4.78, 5) is 10.5. The molecule has 0 aromatic heterocycles. The van der Waals surface area contributed by atoms with Crippen molar-refractivity contribution in [3.8, 4) is 0 Å². The summed E-state index contributed by atoms with van der Waals surface area (Å²) in [6, 6.07) is -1.99. The predicted octanol–water partition coefficient (Wildman–Crippen LogP) is -3.20. The molecule has 1 saturated heterocycles. The first-order valence-corrected chi connectivity index (χ1v) is 3.70. The predicted molar refractivity (Wildman–Crippen MR) is 40.5 cm³/mol. The summed E-state index contributed by atoms with van der Waals surface area (Å²) in [6.07, 6.45) is -4.39. The van der Waals surface area contributed by atoms with Crippen LogP contribution in [-0.4, -0.2) is 51.9 Å². The number of aliphatic hydroxyl groups is 2. The highest BCUT2D eigenvalue weighted by atomic mass is 16.6. The van der Waals surface area contributed by atoms with Crippen LogP contribution in [0.1, 0.15) is 0 Å². The van der Waals surface area contributed by atoms with E-state index in [0.717, 1.165) is 0 Å². The molecule has 0 bridgehead atoms. The van der Waals surface area contributed by atoms with Gasteiger partial charge in [0.1, 0.15) is 6.10 Å². The maximum atomic E-state index is 10.5. The molecule has 1 aliphatic rings. The molecule has 7 heteroatoms. The fraction of sp³-hybridized carbons (Fsp3) is 0.833. The number of hydrogen-bond acceptors (Lipinski definition) is 6. The number of nitrogens with two attached hydrogens (primary N) is 2. The van der Waals surface area contributed by atoms with Crippen molar-refractivity contribution in [3.05, 3.63) is 0 Å². The van der Waals surface area contributed by atoms with E-state index in [4.69, 9.17) is 21.7 Å². The zero-order chi connectivity index (χ0) is 10.2. The molecule has 0 saturated carbocycles. The molecule has 7 N–H and O–H groups in total. The van der Waals surface area contributed by atoms with Crippen LogP contribution in [0, 0.1) is 0 Å².